The molecule has 0 unspecified atom stereocenters. The fourth-order valence-electron chi connectivity index (χ4n) is 0.144. The van der Waals surface area contributed by atoms with E-state index in [2.05, 4.69) is 21.4 Å². The molecule has 9 heavy (non-hydrogen) atoms. The second kappa shape index (κ2) is 3.53. The molecule has 4 N–H and O–H groups in total. The zero-order valence-corrected chi connectivity index (χ0v) is 4.90. The van der Waals surface area contributed by atoms with Crippen LogP contribution in [-0.4, -0.2) is 11.6 Å². The van der Waals surface area contributed by atoms with Crippen molar-refractivity contribution < 1.29 is 4.79 Å². The summed E-state index contributed by atoms with van der Waals surface area (Å²) in [6.45, 7) is 1.27. The van der Waals surface area contributed by atoms with Gasteiger partial charge in [0.1, 0.15) is 0 Å². The summed E-state index contributed by atoms with van der Waals surface area (Å²) in [5.74, 6) is 4.00. The minimum absolute atomic E-state index is 0.204. The van der Waals surface area contributed by atoms with Crippen LogP contribution in [0.25, 0.3) is 0 Å². The van der Waals surface area contributed by atoms with Crippen LogP contribution in [0.15, 0.2) is 15.5 Å². The number of nitrogens with two attached hydrogens (primary N) is 2. The van der Waals surface area contributed by atoms with Crippen molar-refractivity contribution in [3.05, 3.63) is 0 Å². The Hall–Kier alpha value is -1.46. The Morgan fingerprint density at radius 2 is 2.11 bits per heavy atom. The molecular weight excluding hydrogens is 122 g/mol. The van der Waals surface area contributed by atoms with Crippen LogP contribution in [0.3, 0.4) is 0 Å². The number of rotatable bonds is 2. The summed E-state index contributed by atoms with van der Waals surface area (Å²) >= 11 is 0. The first-order chi connectivity index (χ1) is 4.18. The molecule has 0 rings (SSSR count). The minimum Gasteiger partial charge on any atom is -0.379 e. The van der Waals surface area contributed by atoms with E-state index in [0.717, 1.165) is 0 Å². The predicted octanol–water partition coefficient (Wildman–Crippen LogP) is -0.827. The number of hydrogen-bond acceptors (Lipinski definition) is 3. The zero-order chi connectivity index (χ0) is 7.28. The van der Waals surface area contributed by atoms with Crippen LogP contribution in [0.2, 0.25) is 0 Å². The number of carbonyl (C=O) groups excluding carboxylic acids is 1. The third kappa shape index (κ3) is 3.15. The first kappa shape index (κ1) is 7.54. The quantitative estimate of drug-likeness (QED) is 0.167. The van der Waals surface area contributed by atoms with E-state index in [9.17, 15) is 4.79 Å². The molecule has 0 aromatic rings. The van der Waals surface area contributed by atoms with Gasteiger partial charge < -0.3 is 11.6 Å². The van der Waals surface area contributed by atoms with Crippen molar-refractivity contribution in [1.29, 1.82) is 0 Å². The zero-order valence-electron chi connectivity index (χ0n) is 4.90. The highest BCUT2D eigenvalue weighted by molar-refractivity contribution is 6.37. The van der Waals surface area contributed by atoms with Crippen molar-refractivity contribution in [2.75, 3.05) is 0 Å². The summed E-state index contributed by atoms with van der Waals surface area (Å²) in [6.07, 6.45) is 0. The third-order valence-corrected chi connectivity index (χ3v) is 0.565. The topological polar surface area (TPSA) is 106 Å². The molecule has 0 saturated carbocycles. The van der Waals surface area contributed by atoms with Crippen molar-refractivity contribution >= 4 is 11.6 Å². The van der Waals surface area contributed by atoms with E-state index >= 15 is 0 Å². The molecule has 0 fully saturated rings. The highest BCUT2D eigenvalue weighted by Crippen LogP contribution is 1.74. The Morgan fingerprint density at radius 1 is 1.56 bits per heavy atom. The maximum Gasteiger partial charge on any atom is 0.196 e. The average molecular weight is 129 g/mol. The maximum absolute atomic E-state index is 10.3. The van der Waals surface area contributed by atoms with Crippen LogP contribution >= 0.6 is 0 Å². The summed E-state index contributed by atoms with van der Waals surface area (Å²) in [5, 5.41) is 8.82. The molecule has 0 saturated heterocycles. The van der Waals surface area contributed by atoms with Crippen molar-refractivity contribution in [3.8, 4) is 0 Å². The molecule has 0 amide bonds. The molecule has 0 atom stereocenters. The largest absolute Gasteiger partial charge is 0.379 e. The second-order valence-corrected chi connectivity index (χ2v) is 1.25. The molecule has 50 valence electrons. The standard InChI is InChI=1S/C3H7N5O/c1-2(9)3(4)6-8-7-5/h1H3,(H2,5,8)(H2,4,6,7). The number of ketones is 1. The highest BCUT2D eigenvalue weighted by atomic mass is 16.1. The number of Topliss-reactive ketones (excluding diaryl/α,β-unsaturated/α-hetero) is 1. The van der Waals surface area contributed by atoms with Crippen LogP contribution < -0.4 is 11.6 Å². The first-order valence-corrected chi connectivity index (χ1v) is 2.12. The van der Waals surface area contributed by atoms with Crippen molar-refractivity contribution in [1.82, 2.24) is 0 Å². The Labute approximate surface area is 51.6 Å². The van der Waals surface area contributed by atoms with Gasteiger partial charge in [0.2, 0.25) is 0 Å². The monoisotopic (exact) mass is 129 g/mol. The van der Waals surface area contributed by atoms with Gasteiger partial charge in [0.25, 0.3) is 0 Å². The van der Waals surface area contributed by atoms with Gasteiger partial charge in [0.05, 0.1) is 0 Å². The predicted molar refractivity (Wildman–Crippen MR) is 31.3 cm³/mol. The van der Waals surface area contributed by atoms with Crippen LogP contribution in [0.4, 0.5) is 0 Å². The van der Waals surface area contributed by atoms with E-state index in [4.69, 9.17) is 5.73 Å². The van der Waals surface area contributed by atoms with Crippen molar-refractivity contribution in [3.63, 3.8) is 0 Å². The van der Waals surface area contributed by atoms with Crippen molar-refractivity contribution in [2.24, 2.45) is 27.1 Å². The van der Waals surface area contributed by atoms with Crippen molar-refractivity contribution in [2.45, 2.75) is 6.92 Å². The van der Waals surface area contributed by atoms with Gasteiger partial charge in [-0.1, -0.05) is 5.22 Å². The minimum atomic E-state index is -0.359. The fraction of sp³-hybridized carbons (Fsp3) is 0.333. The lowest BCUT2D eigenvalue weighted by atomic mass is 10.4. The van der Waals surface area contributed by atoms with E-state index in [-0.39, 0.29) is 11.6 Å². The molecule has 0 spiro atoms. The first-order valence-electron chi connectivity index (χ1n) is 2.12. The summed E-state index contributed by atoms with van der Waals surface area (Å²) in [5.41, 5.74) is 4.99. The summed E-state index contributed by atoms with van der Waals surface area (Å²) < 4.78 is 0. The summed E-state index contributed by atoms with van der Waals surface area (Å²) in [4.78, 5) is 10.3. The second-order valence-electron chi connectivity index (χ2n) is 1.25. The molecule has 0 aliphatic carbocycles. The lowest BCUT2D eigenvalue weighted by Crippen LogP contribution is -2.19. The van der Waals surface area contributed by atoms with Gasteiger partial charge in [-0.05, 0) is 5.22 Å². The van der Waals surface area contributed by atoms with E-state index in [0.29, 0.717) is 0 Å². The van der Waals surface area contributed by atoms with Gasteiger partial charge >= 0.3 is 0 Å². The van der Waals surface area contributed by atoms with Gasteiger partial charge in [0, 0.05) is 6.92 Å². The van der Waals surface area contributed by atoms with Gasteiger partial charge in [0.15, 0.2) is 11.6 Å². The molecule has 0 radical (unpaired) electrons. The van der Waals surface area contributed by atoms with Gasteiger partial charge in [-0.2, -0.15) is 0 Å². The van der Waals surface area contributed by atoms with Crippen LogP contribution in [0.1, 0.15) is 6.92 Å². The average Bonchev–Trinajstić information content (AvgIpc) is 1.82. The number of hydrogen-bond donors (Lipinski definition) is 2. The fourth-order valence-corrected chi connectivity index (χ4v) is 0.144. The highest BCUT2D eigenvalue weighted by Gasteiger charge is 1.95. The molecule has 0 aromatic heterocycles. The number of carbonyl (C=O) groups is 1. The Balaban J connectivity index is 4.00. The normalized spacial score (nSPS) is 12.3. The number of amidine groups is 1. The van der Waals surface area contributed by atoms with E-state index in [1.54, 1.807) is 0 Å². The summed E-state index contributed by atoms with van der Waals surface area (Å²) in [7, 11) is 0. The summed E-state index contributed by atoms with van der Waals surface area (Å²) in [6, 6.07) is 0. The van der Waals surface area contributed by atoms with Crippen LogP contribution in [0.5, 0.6) is 0 Å². The van der Waals surface area contributed by atoms with Crippen LogP contribution in [0, 0.1) is 0 Å². The van der Waals surface area contributed by atoms with Gasteiger partial charge in [-0.3, -0.25) is 4.79 Å². The Morgan fingerprint density at radius 3 is 2.44 bits per heavy atom. The van der Waals surface area contributed by atoms with E-state index in [1.807, 2.05) is 0 Å². The molecule has 6 nitrogen and oxygen atoms in total. The third-order valence-electron chi connectivity index (χ3n) is 0.565. The molecule has 0 heterocycles. The Kier molecular flexibility index (Phi) is 2.96. The molecule has 0 aromatic carbocycles. The van der Waals surface area contributed by atoms with E-state index in [1.165, 1.54) is 6.92 Å². The lowest BCUT2D eigenvalue weighted by Gasteiger charge is -1.84. The molecule has 6 heteroatoms. The van der Waals surface area contributed by atoms with Gasteiger partial charge in [-0.25, -0.2) is 0 Å². The molecular formula is C3H7N5O. The Bertz CT molecular complexity index is 160. The smallest absolute Gasteiger partial charge is 0.196 e. The van der Waals surface area contributed by atoms with E-state index < -0.39 is 0 Å². The van der Waals surface area contributed by atoms with Crippen LogP contribution in [-0.2, 0) is 4.79 Å². The lowest BCUT2D eigenvalue weighted by molar-refractivity contribution is -0.111. The number of nitrogens with zero attached hydrogens (tertiary/aromatic N) is 3. The maximum atomic E-state index is 10.3. The SMILES string of the molecule is CC(=O)C(N)=NN=NN. The molecule has 0 bridgehead atoms. The molecule has 0 aliphatic heterocycles. The van der Waals surface area contributed by atoms with Gasteiger partial charge in [-0.15, -0.1) is 5.10 Å². The molecule has 0 aliphatic rings.